The lowest BCUT2D eigenvalue weighted by Crippen LogP contribution is -2.42. The van der Waals surface area contributed by atoms with E-state index in [0.29, 0.717) is 12.7 Å². The van der Waals surface area contributed by atoms with E-state index in [9.17, 15) is 24.1 Å². The largest absolute Gasteiger partial charge is 0.513 e. The van der Waals surface area contributed by atoms with E-state index in [2.05, 4.69) is 5.09 Å². The highest BCUT2D eigenvalue weighted by molar-refractivity contribution is 7.52. The molecule has 0 bridgehead atoms. The number of rotatable bonds is 10. The Morgan fingerprint density at radius 2 is 2.06 bits per heavy atom. The summed E-state index contributed by atoms with van der Waals surface area (Å²) >= 11 is 0. The number of carbonyl (C=O) groups is 1. The molecular formula is C22H27FN3O9P. The summed E-state index contributed by atoms with van der Waals surface area (Å²) in [6.07, 6.45) is -1.36. The van der Waals surface area contributed by atoms with Gasteiger partial charge in [0.15, 0.2) is 17.5 Å². The molecule has 1 aromatic carbocycles. The molecule has 0 amide bonds. The molecule has 5 atom stereocenters. The minimum absolute atomic E-state index is 0.127. The number of alkyl halides is 1. The number of ether oxygens (including phenoxy) is 2. The van der Waals surface area contributed by atoms with Crippen molar-refractivity contribution in [2.45, 2.75) is 51.2 Å². The van der Waals surface area contributed by atoms with Crippen molar-refractivity contribution in [3.05, 3.63) is 75.5 Å². The molecule has 1 aliphatic heterocycles. The number of hydrogen-bond acceptors (Lipinski definition) is 9. The van der Waals surface area contributed by atoms with Gasteiger partial charge < -0.3 is 23.6 Å². The van der Waals surface area contributed by atoms with E-state index in [1.54, 1.807) is 18.2 Å². The second-order valence-electron chi connectivity index (χ2n) is 8.09. The highest BCUT2D eigenvalue weighted by atomic mass is 31.2. The summed E-state index contributed by atoms with van der Waals surface area (Å²) in [6, 6.07) is 7.76. The number of carbonyl (C=O) groups excluding carboxylic acids is 1. The van der Waals surface area contributed by atoms with Crippen molar-refractivity contribution < 1.29 is 37.4 Å². The molecule has 12 nitrogen and oxygen atoms in total. The lowest BCUT2D eigenvalue weighted by atomic mass is 10.0. The molecule has 1 aromatic heterocycles. The Labute approximate surface area is 205 Å². The number of aliphatic hydroxyl groups is 1. The first kappa shape index (κ1) is 27.2. The fraction of sp³-hybridized carbons (Fsp3) is 0.409. The zero-order valence-electron chi connectivity index (χ0n) is 19.8. The molecule has 196 valence electrons. The molecule has 0 spiro atoms. The van der Waals surface area contributed by atoms with Crippen LogP contribution in [-0.2, 0) is 23.4 Å². The van der Waals surface area contributed by atoms with Crippen molar-refractivity contribution in [3.8, 4) is 5.75 Å². The van der Waals surface area contributed by atoms with Crippen LogP contribution in [0.5, 0.6) is 5.75 Å². The van der Waals surface area contributed by atoms with Crippen LogP contribution < -0.4 is 20.9 Å². The summed E-state index contributed by atoms with van der Waals surface area (Å²) in [4.78, 5) is 37.6. The van der Waals surface area contributed by atoms with Gasteiger partial charge in [0.2, 0.25) is 6.23 Å². The van der Waals surface area contributed by atoms with E-state index in [1.807, 2.05) is 11.9 Å². The van der Waals surface area contributed by atoms with Gasteiger partial charge in [-0.05, 0) is 32.4 Å². The Balaban J connectivity index is 1.87. The number of aromatic nitrogens is 2. The summed E-state index contributed by atoms with van der Waals surface area (Å²) in [5, 5.41) is 12.9. The number of benzene rings is 1. The minimum Gasteiger partial charge on any atom is -0.465 e. The van der Waals surface area contributed by atoms with Crippen molar-refractivity contribution in [3.63, 3.8) is 0 Å². The average molecular weight is 527 g/mol. The van der Waals surface area contributed by atoms with E-state index in [0.717, 1.165) is 23.8 Å². The van der Waals surface area contributed by atoms with E-state index in [4.69, 9.17) is 18.5 Å². The van der Waals surface area contributed by atoms with E-state index >= 15 is 4.39 Å². The van der Waals surface area contributed by atoms with Crippen LogP contribution in [0.3, 0.4) is 0 Å². The van der Waals surface area contributed by atoms with Gasteiger partial charge in [0.1, 0.15) is 18.1 Å². The number of hydrogen-bond donors (Lipinski definition) is 3. The predicted molar refractivity (Wildman–Crippen MR) is 125 cm³/mol. The van der Waals surface area contributed by atoms with Gasteiger partial charge in [0, 0.05) is 12.3 Å². The Hall–Kier alpha value is -3.41. The highest BCUT2D eigenvalue weighted by Crippen LogP contribution is 2.48. The molecule has 1 saturated heterocycles. The van der Waals surface area contributed by atoms with Gasteiger partial charge in [-0.2, -0.15) is 5.09 Å². The van der Waals surface area contributed by atoms with Crippen molar-refractivity contribution >= 4 is 13.7 Å². The Kier molecular flexibility index (Phi) is 8.39. The number of aliphatic hydroxyl groups excluding tert-OH is 1. The first-order chi connectivity index (χ1) is 17.0. The van der Waals surface area contributed by atoms with Gasteiger partial charge in [-0.25, -0.2) is 13.8 Å². The van der Waals surface area contributed by atoms with Crippen LogP contribution in [0.1, 0.15) is 33.4 Å². The number of aromatic amines is 1. The second-order valence-corrected chi connectivity index (χ2v) is 9.73. The molecule has 2 aromatic rings. The third kappa shape index (κ3) is 6.23. The third-order valence-corrected chi connectivity index (χ3v) is 6.61. The fourth-order valence-corrected chi connectivity index (χ4v) is 4.57. The molecule has 3 N–H and O–H groups in total. The van der Waals surface area contributed by atoms with Crippen LogP contribution >= 0.6 is 7.75 Å². The lowest BCUT2D eigenvalue weighted by molar-refractivity contribution is -0.145. The zero-order valence-corrected chi connectivity index (χ0v) is 20.6. The van der Waals surface area contributed by atoms with Crippen LogP contribution in [0.15, 0.2) is 64.2 Å². The van der Waals surface area contributed by atoms with E-state index in [-0.39, 0.29) is 12.4 Å². The van der Waals surface area contributed by atoms with Gasteiger partial charge >= 0.3 is 19.4 Å². The van der Waals surface area contributed by atoms with Gasteiger partial charge in [0.25, 0.3) is 5.56 Å². The van der Waals surface area contributed by atoms with Crippen molar-refractivity contribution in [1.29, 1.82) is 0 Å². The van der Waals surface area contributed by atoms with Crippen molar-refractivity contribution in [1.82, 2.24) is 14.6 Å². The molecular weight excluding hydrogens is 500 g/mol. The Bertz CT molecular complexity index is 1260. The molecule has 0 aliphatic carbocycles. The van der Waals surface area contributed by atoms with Crippen LogP contribution in [0.4, 0.5) is 4.39 Å². The van der Waals surface area contributed by atoms with Gasteiger partial charge in [0.05, 0.1) is 6.61 Å². The highest BCUT2D eigenvalue weighted by Gasteiger charge is 2.54. The predicted octanol–water partition coefficient (Wildman–Crippen LogP) is 2.13. The molecule has 2 heterocycles. The molecule has 36 heavy (non-hydrogen) atoms. The number of esters is 1. The monoisotopic (exact) mass is 527 g/mol. The van der Waals surface area contributed by atoms with Crippen LogP contribution in [0, 0.1) is 0 Å². The molecule has 1 unspecified atom stereocenters. The van der Waals surface area contributed by atoms with E-state index < -0.39 is 54.8 Å². The first-order valence-electron chi connectivity index (χ1n) is 11.0. The third-order valence-electron chi connectivity index (χ3n) is 5.07. The maximum Gasteiger partial charge on any atom is 0.513 e. The SMILES string of the molecule is CCCOC(=O)[C@H](C)NP(=O)(O/C=C1/O[C@@H](n2ccc(=O)[nH]c2=O)[C@](C)(F)[C@@H]1O)Oc1ccccc1. The smallest absolute Gasteiger partial charge is 0.465 e. The zero-order chi connectivity index (χ0) is 26.5. The van der Waals surface area contributed by atoms with Crippen LogP contribution in [-0.4, -0.2) is 45.0 Å². The molecule has 14 heteroatoms. The molecule has 1 aliphatic rings. The summed E-state index contributed by atoms with van der Waals surface area (Å²) < 4.78 is 50.8. The summed E-state index contributed by atoms with van der Waals surface area (Å²) in [5.74, 6) is -1.10. The van der Waals surface area contributed by atoms with Gasteiger partial charge in [-0.3, -0.25) is 19.1 Å². The summed E-state index contributed by atoms with van der Waals surface area (Å²) in [6.45, 7) is 4.32. The molecule has 1 fully saturated rings. The average Bonchev–Trinajstić information content (AvgIpc) is 3.05. The Morgan fingerprint density at radius 1 is 1.36 bits per heavy atom. The Morgan fingerprint density at radius 3 is 2.69 bits per heavy atom. The molecule has 0 saturated carbocycles. The topological polar surface area (TPSA) is 158 Å². The lowest BCUT2D eigenvalue weighted by Gasteiger charge is -2.23. The number of para-hydroxylation sites is 1. The maximum atomic E-state index is 15.4. The van der Waals surface area contributed by atoms with Gasteiger partial charge in [-0.1, -0.05) is 25.1 Å². The quantitative estimate of drug-likeness (QED) is 0.237. The number of nitrogens with zero attached hydrogens (tertiary/aromatic N) is 1. The number of H-pyrrole nitrogens is 1. The second kappa shape index (κ2) is 11.1. The van der Waals surface area contributed by atoms with Crippen molar-refractivity contribution in [2.24, 2.45) is 0 Å². The number of halogens is 1. The minimum atomic E-state index is -4.37. The molecule has 3 rings (SSSR count). The first-order valence-corrected chi connectivity index (χ1v) is 12.5. The summed E-state index contributed by atoms with van der Waals surface area (Å²) in [7, 11) is -4.37. The standard InChI is InChI=1S/C22H27FN3O9P/c1-4-12-32-19(29)14(2)25-36(31,35-15-8-6-5-7-9-15)33-13-16-18(28)22(3,23)20(34-16)26-11-10-17(27)24-21(26)30/h5-11,13-14,18,20,28H,4,12H2,1-3H3,(H,25,31)(H,24,27,30)/b16-13+/t14-,18+,20+,22+,36?/m0/s1. The van der Waals surface area contributed by atoms with Crippen LogP contribution in [0.2, 0.25) is 0 Å². The van der Waals surface area contributed by atoms with Crippen LogP contribution in [0.25, 0.3) is 0 Å². The maximum absolute atomic E-state index is 15.4. The summed E-state index contributed by atoms with van der Waals surface area (Å²) in [5.41, 5.74) is -4.22. The fourth-order valence-electron chi connectivity index (χ4n) is 3.19. The normalized spacial score (nSPS) is 25.0. The van der Waals surface area contributed by atoms with E-state index in [1.165, 1.54) is 19.1 Å². The van der Waals surface area contributed by atoms with Crippen molar-refractivity contribution in [2.75, 3.05) is 6.61 Å². The molecule has 0 radical (unpaired) electrons. The number of nitrogens with one attached hydrogen (secondary N) is 2. The van der Waals surface area contributed by atoms with Gasteiger partial charge in [-0.15, -0.1) is 0 Å².